The number of nitrogens with zero attached hydrogens (tertiary/aromatic N) is 2. The van der Waals surface area contributed by atoms with E-state index in [2.05, 4.69) is 29.5 Å². The number of carbonyl (C=O) groups is 1. The molecule has 178 valence electrons. The largest absolute Gasteiger partial charge is 0.376 e. The molecule has 0 bridgehead atoms. The van der Waals surface area contributed by atoms with Crippen LogP contribution in [0.15, 0.2) is 24.4 Å². The van der Waals surface area contributed by atoms with E-state index in [1.54, 1.807) is 12.3 Å². The van der Waals surface area contributed by atoms with Gasteiger partial charge < -0.3 is 20.1 Å². The summed E-state index contributed by atoms with van der Waals surface area (Å²) in [5, 5.41) is 7.52. The van der Waals surface area contributed by atoms with Crippen LogP contribution >= 0.6 is 23.2 Å². The molecule has 2 saturated heterocycles. The maximum absolute atomic E-state index is 12.6. The van der Waals surface area contributed by atoms with Crippen LogP contribution in [0.5, 0.6) is 0 Å². The smallest absolute Gasteiger partial charge is 0.168 e. The van der Waals surface area contributed by atoms with Gasteiger partial charge in [-0.3, -0.25) is 9.78 Å². The van der Waals surface area contributed by atoms with E-state index in [4.69, 9.17) is 37.7 Å². The number of ketones is 1. The Labute approximate surface area is 204 Å². The average Bonchev–Trinajstić information content (AvgIpc) is 2.80. The minimum absolute atomic E-state index is 0.0168. The van der Waals surface area contributed by atoms with Crippen molar-refractivity contribution in [2.45, 2.75) is 44.8 Å². The maximum Gasteiger partial charge on any atom is 0.168 e. The van der Waals surface area contributed by atoms with E-state index in [9.17, 15) is 4.79 Å². The Balaban J connectivity index is 1.48. The van der Waals surface area contributed by atoms with E-state index in [0.29, 0.717) is 46.1 Å². The number of carbonyl (C=O) groups excluding carboxylic acids is 1. The predicted octanol–water partition coefficient (Wildman–Crippen LogP) is 4.17. The molecule has 2 aromatic heterocycles. The van der Waals surface area contributed by atoms with Gasteiger partial charge in [0.25, 0.3) is 0 Å². The summed E-state index contributed by atoms with van der Waals surface area (Å²) >= 11 is 12.9. The third-order valence-corrected chi connectivity index (χ3v) is 6.63. The molecule has 1 unspecified atom stereocenters. The number of hydrogen-bond donors (Lipinski definition) is 2. The van der Waals surface area contributed by atoms with Crippen molar-refractivity contribution in [1.29, 1.82) is 0 Å². The number of morpholine rings is 1. The second-order valence-corrected chi connectivity index (χ2v) is 10.1. The highest BCUT2D eigenvalue weighted by Crippen LogP contribution is 2.34. The van der Waals surface area contributed by atoms with Crippen molar-refractivity contribution >= 4 is 34.8 Å². The summed E-state index contributed by atoms with van der Waals surface area (Å²) in [6, 6.07) is 5.46. The van der Waals surface area contributed by atoms with Gasteiger partial charge in [-0.2, -0.15) is 0 Å². The zero-order valence-electron chi connectivity index (χ0n) is 19.0. The topological polar surface area (TPSA) is 85.4 Å². The quantitative estimate of drug-likeness (QED) is 0.599. The number of nitrogens with one attached hydrogen (secondary N) is 2. The number of Topliss-reactive ketones (excluding diaryl/α,β-unsaturated/α-hetero) is 1. The van der Waals surface area contributed by atoms with E-state index < -0.39 is 6.10 Å². The van der Waals surface area contributed by atoms with Gasteiger partial charge in [-0.1, -0.05) is 23.2 Å². The van der Waals surface area contributed by atoms with Crippen LogP contribution < -0.4 is 10.6 Å². The van der Waals surface area contributed by atoms with Gasteiger partial charge in [-0.15, -0.1) is 0 Å². The van der Waals surface area contributed by atoms with Crippen molar-refractivity contribution in [2.24, 2.45) is 5.92 Å². The van der Waals surface area contributed by atoms with Crippen molar-refractivity contribution in [1.82, 2.24) is 15.3 Å². The molecule has 0 spiro atoms. The Hall–Kier alpha value is -1.77. The average molecular weight is 493 g/mol. The Bertz CT molecular complexity index is 996. The first-order chi connectivity index (χ1) is 15.8. The van der Waals surface area contributed by atoms with E-state index in [-0.39, 0.29) is 17.8 Å². The first-order valence-corrected chi connectivity index (χ1v) is 12.1. The molecule has 4 rings (SSSR count). The monoisotopic (exact) mass is 492 g/mol. The first-order valence-electron chi connectivity index (χ1n) is 11.3. The molecule has 2 fully saturated rings. The number of rotatable bonds is 7. The zero-order valence-corrected chi connectivity index (χ0v) is 20.5. The summed E-state index contributed by atoms with van der Waals surface area (Å²) in [6.07, 6.45) is 3.26. The van der Waals surface area contributed by atoms with Crippen LogP contribution in [0.1, 0.15) is 32.4 Å². The van der Waals surface area contributed by atoms with Gasteiger partial charge in [0.1, 0.15) is 11.9 Å². The summed E-state index contributed by atoms with van der Waals surface area (Å²) in [7, 11) is 0. The van der Waals surface area contributed by atoms with Crippen molar-refractivity contribution in [3.05, 3.63) is 40.1 Å². The van der Waals surface area contributed by atoms with Crippen LogP contribution in [0.25, 0.3) is 11.3 Å². The van der Waals surface area contributed by atoms with Crippen LogP contribution in [0.2, 0.25) is 10.0 Å². The van der Waals surface area contributed by atoms with Crippen molar-refractivity contribution in [3.63, 3.8) is 0 Å². The van der Waals surface area contributed by atoms with Gasteiger partial charge in [-0.25, -0.2) is 4.98 Å². The lowest BCUT2D eigenvalue weighted by molar-refractivity contribution is -0.131. The molecule has 2 N–H and O–H groups in total. The fourth-order valence-corrected chi connectivity index (χ4v) is 4.74. The number of hydrogen-bond acceptors (Lipinski definition) is 7. The fourth-order valence-electron chi connectivity index (χ4n) is 4.34. The number of halogens is 2. The van der Waals surface area contributed by atoms with Gasteiger partial charge in [0.2, 0.25) is 0 Å². The van der Waals surface area contributed by atoms with Crippen molar-refractivity contribution in [3.8, 4) is 11.3 Å². The van der Waals surface area contributed by atoms with Crippen molar-refractivity contribution in [2.75, 3.05) is 38.2 Å². The van der Waals surface area contributed by atoms with Gasteiger partial charge in [0.15, 0.2) is 5.78 Å². The molecule has 2 aromatic rings. The molecule has 4 heterocycles. The highest BCUT2D eigenvalue weighted by molar-refractivity contribution is 6.36. The van der Waals surface area contributed by atoms with Gasteiger partial charge in [0, 0.05) is 43.7 Å². The Kier molecular flexibility index (Phi) is 7.87. The molecule has 0 radical (unpaired) electrons. The molecular weight excluding hydrogens is 463 g/mol. The van der Waals surface area contributed by atoms with Crippen LogP contribution in [0, 0.1) is 5.92 Å². The minimum Gasteiger partial charge on any atom is -0.376 e. The summed E-state index contributed by atoms with van der Waals surface area (Å²) in [5.74, 6) is 1.22. The Morgan fingerprint density at radius 1 is 1.27 bits per heavy atom. The van der Waals surface area contributed by atoms with Crippen molar-refractivity contribution < 1.29 is 14.3 Å². The second kappa shape index (κ2) is 10.7. The highest BCUT2D eigenvalue weighted by atomic mass is 35.5. The van der Waals surface area contributed by atoms with E-state index >= 15 is 0 Å². The summed E-state index contributed by atoms with van der Waals surface area (Å²) in [6.45, 7) is 7.64. The summed E-state index contributed by atoms with van der Waals surface area (Å²) in [4.78, 5) is 21.7. The SMILES string of the molecule is CC1(C)CC(CNc2ccc(Cl)c(-c3cc(CC(=O)[C@H]4CNCCO4)ncc3Cl)n2)CCO1. The molecule has 9 heteroatoms. The van der Waals surface area contributed by atoms with Crippen LogP contribution in [0.4, 0.5) is 5.82 Å². The van der Waals surface area contributed by atoms with Gasteiger partial charge in [-0.05, 0) is 50.8 Å². The zero-order chi connectivity index (χ0) is 23.4. The third-order valence-electron chi connectivity index (χ3n) is 6.03. The second-order valence-electron chi connectivity index (χ2n) is 9.24. The summed E-state index contributed by atoms with van der Waals surface area (Å²) < 4.78 is 11.4. The lowest BCUT2D eigenvalue weighted by Gasteiger charge is -2.35. The highest BCUT2D eigenvalue weighted by Gasteiger charge is 2.28. The molecule has 0 aromatic carbocycles. The standard InChI is InChI=1S/C24H30Cl2N4O3/c1-24(2)11-15(5-7-33-24)12-29-22-4-3-18(25)23(30-22)17-9-16(28-13-19(17)26)10-20(31)21-14-27-6-8-32-21/h3-4,9,13,15,21,27H,5-8,10-12,14H2,1-2H3,(H,29,30)/t15?,21-/m1/s1. The fraction of sp³-hybridized carbons (Fsp3) is 0.542. The van der Waals surface area contributed by atoms with Gasteiger partial charge >= 0.3 is 0 Å². The number of anilines is 1. The Morgan fingerprint density at radius 2 is 2.12 bits per heavy atom. The normalized spacial score (nSPS) is 22.7. The maximum atomic E-state index is 12.6. The van der Waals surface area contributed by atoms with Gasteiger partial charge in [0.05, 0.1) is 34.4 Å². The molecule has 2 aliphatic heterocycles. The van der Waals surface area contributed by atoms with E-state index in [1.807, 2.05) is 12.1 Å². The molecule has 0 saturated carbocycles. The molecular formula is C24H30Cl2N4O3. The lowest BCUT2D eigenvalue weighted by Crippen LogP contribution is -2.43. The predicted molar refractivity (Wildman–Crippen MR) is 130 cm³/mol. The minimum atomic E-state index is -0.455. The molecule has 0 amide bonds. The molecule has 2 aliphatic rings. The lowest BCUT2D eigenvalue weighted by atomic mass is 9.88. The number of aromatic nitrogens is 2. The molecule has 2 atom stereocenters. The Morgan fingerprint density at radius 3 is 2.88 bits per heavy atom. The van der Waals surface area contributed by atoms with Crippen LogP contribution in [-0.2, 0) is 20.7 Å². The first kappa shape index (κ1) is 24.4. The van der Waals surface area contributed by atoms with E-state index in [1.165, 1.54) is 0 Å². The van der Waals surface area contributed by atoms with Crippen LogP contribution in [-0.4, -0.2) is 60.3 Å². The van der Waals surface area contributed by atoms with E-state index in [0.717, 1.165) is 38.4 Å². The number of ether oxygens (including phenoxy) is 2. The molecule has 7 nitrogen and oxygen atoms in total. The molecule has 0 aliphatic carbocycles. The molecule has 33 heavy (non-hydrogen) atoms. The third kappa shape index (κ3) is 6.43. The number of pyridine rings is 2. The summed E-state index contributed by atoms with van der Waals surface area (Å²) in [5.41, 5.74) is 1.72. The van der Waals surface area contributed by atoms with Crippen LogP contribution in [0.3, 0.4) is 0 Å².